The summed E-state index contributed by atoms with van der Waals surface area (Å²) in [5, 5.41) is 10.1. The molecule has 2 rings (SSSR count). The van der Waals surface area contributed by atoms with Crippen LogP contribution >= 0.6 is 0 Å². The Hall–Kier alpha value is -2.24. The first-order valence-corrected chi connectivity index (χ1v) is 4.90. The maximum absolute atomic E-state index is 11.5. The lowest BCUT2D eigenvalue weighted by molar-refractivity contribution is 0.0955. The van der Waals surface area contributed by atoms with E-state index in [1.165, 1.54) is 6.20 Å². The lowest BCUT2D eigenvalue weighted by Gasteiger charge is -2.03. The first kappa shape index (κ1) is 10.3. The van der Waals surface area contributed by atoms with Gasteiger partial charge < -0.3 is 5.32 Å². The third-order valence-corrected chi connectivity index (χ3v) is 2.03. The van der Waals surface area contributed by atoms with Crippen LogP contribution in [0.15, 0.2) is 31.0 Å². The molecule has 0 saturated carbocycles. The third-order valence-electron chi connectivity index (χ3n) is 2.03. The molecule has 1 N–H and O–H groups in total. The normalized spacial score (nSPS) is 10.1. The monoisotopic (exact) mass is 217 g/mol. The van der Waals surface area contributed by atoms with Crippen molar-refractivity contribution >= 4 is 5.91 Å². The molecule has 0 aromatic carbocycles. The Morgan fingerprint density at radius 1 is 1.38 bits per heavy atom. The average Bonchev–Trinajstić information content (AvgIpc) is 2.83. The molecule has 0 aliphatic heterocycles. The number of amides is 1. The lowest BCUT2D eigenvalue weighted by atomic mass is 10.2. The van der Waals surface area contributed by atoms with Crippen molar-refractivity contribution in [1.29, 1.82) is 0 Å². The topological polar surface area (TPSA) is 72.7 Å². The number of carbonyl (C=O) groups is 1. The van der Waals surface area contributed by atoms with Gasteiger partial charge in [0.25, 0.3) is 5.91 Å². The Balaban J connectivity index is 2.20. The van der Waals surface area contributed by atoms with E-state index >= 15 is 0 Å². The molecule has 1 amide bonds. The zero-order valence-electron chi connectivity index (χ0n) is 8.79. The maximum atomic E-state index is 11.5. The predicted octanol–water partition coefficient (Wildman–Crippen LogP) is 0.412. The number of hydrogen-bond acceptors (Lipinski definition) is 4. The second-order valence-electron chi connectivity index (χ2n) is 3.13. The number of rotatable bonds is 3. The highest BCUT2D eigenvalue weighted by Gasteiger charge is 2.04. The van der Waals surface area contributed by atoms with Gasteiger partial charge in [-0.25, -0.2) is 4.98 Å². The van der Waals surface area contributed by atoms with Gasteiger partial charge in [0.15, 0.2) is 0 Å². The molecule has 0 aliphatic rings. The second kappa shape index (κ2) is 4.52. The van der Waals surface area contributed by atoms with Crippen LogP contribution in [-0.4, -0.2) is 32.2 Å². The summed E-state index contributed by atoms with van der Waals surface area (Å²) in [6.45, 7) is 2.48. The molecule has 82 valence electrons. The average molecular weight is 217 g/mol. The van der Waals surface area contributed by atoms with Crippen LogP contribution in [0.3, 0.4) is 0 Å². The molecular formula is C10H11N5O. The van der Waals surface area contributed by atoms with Gasteiger partial charge in [-0.2, -0.15) is 0 Å². The van der Waals surface area contributed by atoms with Crippen LogP contribution in [0.1, 0.15) is 17.3 Å². The number of nitrogens with one attached hydrogen (secondary N) is 1. The Morgan fingerprint density at radius 3 is 2.69 bits per heavy atom. The summed E-state index contributed by atoms with van der Waals surface area (Å²) < 4.78 is 1.67. The van der Waals surface area contributed by atoms with Crippen LogP contribution in [0.2, 0.25) is 0 Å². The van der Waals surface area contributed by atoms with E-state index in [1.807, 2.05) is 6.92 Å². The van der Waals surface area contributed by atoms with Crippen molar-refractivity contribution in [1.82, 2.24) is 25.1 Å². The molecule has 0 radical (unpaired) electrons. The van der Waals surface area contributed by atoms with E-state index in [1.54, 1.807) is 29.4 Å². The van der Waals surface area contributed by atoms with Gasteiger partial charge in [0, 0.05) is 12.7 Å². The van der Waals surface area contributed by atoms with E-state index in [-0.39, 0.29) is 5.91 Å². The molecule has 0 aliphatic carbocycles. The Labute approximate surface area is 92.3 Å². The van der Waals surface area contributed by atoms with Crippen molar-refractivity contribution in [2.24, 2.45) is 0 Å². The van der Waals surface area contributed by atoms with E-state index in [9.17, 15) is 4.79 Å². The van der Waals surface area contributed by atoms with Gasteiger partial charge in [-0.3, -0.25) is 9.36 Å². The summed E-state index contributed by atoms with van der Waals surface area (Å²) in [7, 11) is 0. The number of aromatic nitrogens is 4. The largest absolute Gasteiger partial charge is 0.352 e. The summed E-state index contributed by atoms with van der Waals surface area (Å²) in [6, 6.07) is 3.46. The molecule has 0 fully saturated rings. The maximum Gasteiger partial charge on any atom is 0.252 e. The standard InChI is InChI=1S/C10H11N5O/c1-2-11-10(16)8-3-4-9(12-5-8)15-6-13-14-7-15/h3-7H,2H2,1H3,(H,11,16). The van der Waals surface area contributed by atoms with Crippen molar-refractivity contribution in [3.8, 4) is 5.82 Å². The molecule has 2 aromatic rings. The molecule has 16 heavy (non-hydrogen) atoms. The van der Waals surface area contributed by atoms with Gasteiger partial charge in [0.05, 0.1) is 5.56 Å². The van der Waals surface area contributed by atoms with E-state index in [4.69, 9.17) is 0 Å². The molecule has 0 atom stereocenters. The lowest BCUT2D eigenvalue weighted by Crippen LogP contribution is -2.22. The first-order valence-electron chi connectivity index (χ1n) is 4.90. The molecule has 6 heteroatoms. The quantitative estimate of drug-likeness (QED) is 0.808. The van der Waals surface area contributed by atoms with Gasteiger partial charge in [0.1, 0.15) is 18.5 Å². The van der Waals surface area contributed by atoms with Crippen LogP contribution in [0.4, 0.5) is 0 Å². The fourth-order valence-corrected chi connectivity index (χ4v) is 1.25. The first-order chi connectivity index (χ1) is 7.81. The minimum atomic E-state index is -0.120. The zero-order chi connectivity index (χ0) is 11.4. The van der Waals surface area contributed by atoms with Crippen LogP contribution < -0.4 is 5.32 Å². The van der Waals surface area contributed by atoms with Gasteiger partial charge in [0.2, 0.25) is 0 Å². The molecule has 2 aromatic heterocycles. The van der Waals surface area contributed by atoms with Gasteiger partial charge in [-0.15, -0.1) is 10.2 Å². The zero-order valence-corrected chi connectivity index (χ0v) is 8.79. The summed E-state index contributed by atoms with van der Waals surface area (Å²) in [6.07, 6.45) is 4.63. The van der Waals surface area contributed by atoms with Crippen LogP contribution in [-0.2, 0) is 0 Å². The van der Waals surface area contributed by atoms with Gasteiger partial charge >= 0.3 is 0 Å². The highest BCUT2D eigenvalue weighted by molar-refractivity contribution is 5.93. The molecule has 0 spiro atoms. The highest BCUT2D eigenvalue weighted by atomic mass is 16.1. The fourth-order valence-electron chi connectivity index (χ4n) is 1.25. The van der Waals surface area contributed by atoms with Crippen LogP contribution in [0.5, 0.6) is 0 Å². The van der Waals surface area contributed by atoms with Crippen molar-refractivity contribution in [2.45, 2.75) is 6.92 Å². The third kappa shape index (κ3) is 2.05. The summed E-state index contributed by atoms with van der Waals surface area (Å²) in [5.74, 6) is 0.559. The minimum Gasteiger partial charge on any atom is -0.352 e. The second-order valence-corrected chi connectivity index (χ2v) is 3.13. The fraction of sp³-hybridized carbons (Fsp3) is 0.200. The Bertz CT molecular complexity index is 462. The van der Waals surface area contributed by atoms with Crippen LogP contribution in [0.25, 0.3) is 5.82 Å². The summed E-state index contributed by atoms with van der Waals surface area (Å²) in [5.41, 5.74) is 0.540. The molecule has 6 nitrogen and oxygen atoms in total. The molecule has 0 saturated heterocycles. The van der Waals surface area contributed by atoms with Crippen molar-refractivity contribution in [3.63, 3.8) is 0 Å². The smallest absolute Gasteiger partial charge is 0.252 e. The van der Waals surface area contributed by atoms with Crippen molar-refractivity contribution in [2.75, 3.05) is 6.54 Å². The molecular weight excluding hydrogens is 206 g/mol. The Kier molecular flexibility index (Phi) is 2.90. The minimum absolute atomic E-state index is 0.120. The molecule has 0 bridgehead atoms. The highest BCUT2D eigenvalue weighted by Crippen LogP contribution is 2.04. The van der Waals surface area contributed by atoms with Gasteiger partial charge in [-0.1, -0.05) is 0 Å². The van der Waals surface area contributed by atoms with E-state index < -0.39 is 0 Å². The van der Waals surface area contributed by atoms with Crippen molar-refractivity contribution < 1.29 is 4.79 Å². The van der Waals surface area contributed by atoms with E-state index in [0.717, 1.165) is 0 Å². The number of hydrogen-bond donors (Lipinski definition) is 1. The summed E-state index contributed by atoms with van der Waals surface area (Å²) >= 11 is 0. The van der Waals surface area contributed by atoms with E-state index in [2.05, 4.69) is 20.5 Å². The number of nitrogens with zero attached hydrogens (tertiary/aromatic N) is 4. The number of carbonyl (C=O) groups excluding carboxylic acids is 1. The van der Waals surface area contributed by atoms with Gasteiger partial charge in [-0.05, 0) is 19.1 Å². The SMILES string of the molecule is CCNC(=O)c1ccc(-n2cnnc2)nc1. The summed E-state index contributed by atoms with van der Waals surface area (Å²) in [4.78, 5) is 15.6. The molecule has 0 unspecified atom stereocenters. The van der Waals surface area contributed by atoms with E-state index in [0.29, 0.717) is 17.9 Å². The Morgan fingerprint density at radius 2 is 2.12 bits per heavy atom. The van der Waals surface area contributed by atoms with Crippen LogP contribution in [0, 0.1) is 0 Å². The number of pyridine rings is 1. The van der Waals surface area contributed by atoms with Crippen molar-refractivity contribution in [3.05, 3.63) is 36.5 Å². The predicted molar refractivity (Wildman–Crippen MR) is 57.2 cm³/mol. The molecule has 2 heterocycles.